The van der Waals surface area contributed by atoms with Gasteiger partial charge in [0, 0.05) is 12.6 Å². The Bertz CT molecular complexity index is 1220. The number of amides is 1. The number of nitrogens with zero attached hydrogens (tertiary/aromatic N) is 4. The first-order chi connectivity index (χ1) is 15.6. The number of nitrogens with one attached hydrogen (secondary N) is 2. The molecule has 4 N–H and O–H groups in total. The molecule has 0 atom stereocenters. The molecule has 0 aliphatic rings. The maximum atomic E-state index is 12.7. The van der Waals surface area contributed by atoms with E-state index in [0.29, 0.717) is 35.2 Å². The molecule has 0 aliphatic heterocycles. The summed E-state index contributed by atoms with van der Waals surface area (Å²) in [4.78, 5) is 17.1. The minimum absolute atomic E-state index is 0.110. The molecule has 0 aliphatic carbocycles. The molecule has 4 rings (SSSR count). The van der Waals surface area contributed by atoms with Crippen LogP contribution in [0.25, 0.3) is 22.8 Å². The minimum atomic E-state index is -0.309. The molecule has 10 nitrogen and oxygen atoms in total. The second-order valence-electron chi connectivity index (χ2n) is 6.78. The van der Waals surface area contributed by atoms with Gasteiger partial charge in [-0.1, -0.05) is 47.6 Å². The molecule has 0 saturated carbocycles. The van der Waals surface area contributed by atoms with Crippen molar-refractivity contribution in [2.45, 2.75) is 13.5 Å². The van der Waals surface area contributed by atoms with Gasteiger partial charge in [-0.15, -0.1) is 0 Å². The maximum absolute atomic E-state index is 12.7. The van der Waals surface area contributed by atoms with E-state index in [-0.39, 0.29) is 24.2 Å². The molecular formula is C22H23N7O3. The number of hydrogen-bond donors (Lipinski definition) is 3. The highest BCUT2D eigenvalue weighted by atomic mass is 16.5. The molecule has 32 heavy (non-hydrogen) atoms. The van der Waals surface area contributed by atoms with E-state index < -0.39 is 0 Å². The Morgan fingerprint density at radius 2 is 1.91 bits per heavy atom. The second kappa shape index (κ2) is 9.21. The van der Waals surface area contributed by atoms with Gasteiger partial charge in [0.25, 0.3) is 5.89 Å². The number of carbonyl (C=O) groups excluding carboxylic acids is 1. The maximum Gasteiger partial charge on any atom is 0.265 e. The van der Waals surface area contributed by atoms with E-state index >= 15 is 0 Å². The molecule has 0 bridgehead atoms. The molecule has 4 aromatic rings. The number of para-hydroxylation sites is 2. The Labute approximate surface area is 184 Å². The standard InChI is InChI=1S/C22H23N7O3/c1-3-31-16-12-8-7-11-15(16)25-17(30)13-29-19(23)18(21(24-2)27-29)22-26-20(28-32-22)14-9-5-4-6-10-14/h4-12H,3,13,23H2,1-2H3,(H,24,27)(H,25,30). The van der Waals surface area contributed by atoms with Crippen LogP contribution in [0.3, 0.4) is 0 Å². The number of carbonyl (C=O) groups is 1. The lowest BCUT2D eigenvalue weighted by Crippen LogP contribution is -2.21. The first-order valence-electron chi connectivity index (χ1n) is 10.1. The highest BCUT2D eigenvalue weighted by Crippen LogP contribution is 2.33. The molecule has 0 saturated heterocycles. The third kappa shape index (κ3) is 4.24. The highest BCUT2D eigenvalue weighted by molar-refractivity contribution is 5.93. The smallest absolute Gasteiger partial charge is 0.265 e. The summed E-state index contributed by atoms with van der Waals surface area (Å²) >= 11 is 0. The SMILES string of the molecule is CCOc1ccccc1NC(=O)Cn1nc(NC)c(-c2nc(-c3ccccc3)no2)c1N. The Kier molecular flexibility index (Phi) is 6.02. The average molecular weight is 433 g/mol. The second-order valence-corrected chi connectivity index (χ2v) is 6.78. The molecule has 10 heteroatoms. The summed E-state index contributed by atoms with van der Waals surface area (Å²) in [6.45, 7) is 2.26. The topological polar surface area (TPSA) is 133 Å². The van der Waals surface area contributed by atoms with Crippen molar-refractivity contribution in [3.63, 3.8) is 0 Å². The predicted octanol–water partition coefficient (Wildman–Crippen LogP) is 3.26. The number of aromatic nitrogens is 4. The quantitative estimate of drug-likeness (QED) is 0.386. The van der Waals surface area contributed by atoms with Crippen LogP contribution >= 0.6 is 0 Å². The van der Waals surface area contributed by atoms with Gasteiger partial charge in [0.1, 0.15) is 23.7 Å². The van der Waals surface area contributed by atoms with Gasteiger partial charge in [0.15, 0.2) is 5.82 Å². The molecule has 0 spiro atoms. The van der Waals surface area contributed by atoms with Crippen LogP contribution in [0.1, 0.15) is 6.92 Å². The van der Waals surface area contributed by atoms with Crippen molar-refractivity contribution < 1.29 is 14.1 Å². The summed E-state index contributed by atoms with van der Waals surface area (Å²) < 4.78 is 12.4. The zero-order chi connectivity index (χ0) is 22.5. The van der Waals surface area contributed by atoms with Crippen LogP contribution in [0.5, 0.6) is 5.75 Å². The monoisotopic (exact) mass is 433 g/mol. The summed E-state index contributed by atoms with van der Waals surface area (Å²) in [5.74, 6) is 1.57. The number of hydrogen-bond acceptors (Lipinski definition) is 8. The number of ether oxygens (including phenoxy) is 1. The van der Waals surface area contributed by atoms with Crippen molar-refractivity contribution >= 4 is 23.2 Å². The zero-order valence-electron chi connectivity index (χ0n) is 17.7. The van der Waals surface area contributed by atoms with Crippen LogP contribution in [0.2, 0.25) is 0 Å². The third-order valence-corrected chi connectivity index (χ3v) is 4.65. The number of anilines is 3. The predicted molar refractivity (Wildman–Crippen MR) is 121 cm³/mol. The lowest BCUT2D eigenvalue weighted by Gasteiger charge is -2.11. The Balaban J connectivity index is 1.57. The summed E-state index contributed by atoms with van der Waals surface area (Å²) in [7, 11) is 1.70. The lowest BCUT2D eigenvalue weighted by atomic mass is 10.2. The fraction of sp³-hybridized carbons (Fsp3) is 0.182. The van der Waals surface area contributed by atoms with E-state index in [0.717, 1.165) is 5.56 Å². The van der Waals surface area contributed by atoms with Crippen LogP contribution in [0.15, 0.2) is 59.1 Å². The molecule has 1 amide bonds. The van der Waals surface area contributed by atoms with Crippen molar-refractivity contribution in [3.05, 3.63) is 54.6 Å². The van der Waals surface area contributed by atoms with Gasteiger partial charge < -0.3 is 25.6 Å². The van der Waals surface area contributed by atoms with Gasteiger partial charge in [-0.3, -0.25) is 4.79 Å². The zero-order valence-corrected chi connectivity index (χ0v) is 17.7. The highest BCUT2D eigenvalue weighted by Gasteiger charge is 2.23. The lowest BCUT2D eigenvalue weighted by molar-refractivity contribution is -0.116. The van der Waals surface area contributed by atoms with Gasteiger partial charge in [0.2, 0.25) is 11.7 Å². The van der Waals surface area contributed by atoms with Gasteiger partial charge in [0.05, 0.1) is 12.3 Å². The normalized spacial score (nSPS) is 10.7. The first-order valence-corrected chi connectivity index (χ1v) is 10.1. The number of nitrogen functional groups attached to an aromatic ring is 1. The molecule has 0 radical (unpaired) electrons. The van der Waals surface area contributed by atoms with Crippen molar-refractivity contribution in [3.8, 4) is 28.6 Å². The van der Waals surface area contributed by atoms with Crippen LogP contribution in [0, 0.1) is 0 Å². The molecule has 164 valence electrons. The fourth-order valence-electron chi connectivity index (χ4n) is 3.19. The first kappa shape index (κ1) is 20.9. The Hall–Kier alpha value is -4.34. The number of benzene rings is 2. The summed E-state index contributed by atoms with van der Waals surface area (Å²) in [6.07, 6.45) is 0. The van der Waals surface area contributed by atoms with E-state index in [2.05, 4.69) is 25.9 Å². The van der Waals surface area contributed by atoms with Gasteiger partial charge in [-0.25, -0.2) is 4.68 Å². The van der Waals surface area contributed by atoms with Crippen molar-refractivity contribution in [1.29, 1.82) is 0 Å². The van der Waals surface area contributed by atoms with Gasteiger partial charge >= 0.3 is 0 Å². The number of nitrogens with two attached hydrogens (primary N) is 1. The van der Waals surface area contributed by atoms with Crippen LogP contribution in [0.4, 0.5) is 17.3 Å². The molecular weight excluding hydrogens is 410 g/mol. The summed E-state index contributed by atoms with van der Waals surface area (Å²) in [6, 6.07) is 16.7. The summed E-state index contributed by atoms with van der Waals surface area (Å²) in [5.41, 5.74) is 8.13. The summed E-state index contributed by atoms with van der Waals surface area (Å²) in [5, 5.41) is 14.2. The molecule has 2 aromatic carbocycles. The van der Waals surface area contributed by atoms with Gasteiger partial charge in [-0.2, -0.15) is 10.1 Å². The largest absolute Gasteiger partial charge is 0.492 e. The Morgan fingerprint density at radius 1 is 1.16 bits per heavy atom. The van der Waals surface area contributed by atoms with Gasteiger partial charge in [-0.05, 0) is 19.1 Å². The minimum Gasteiger partial charge on any atom is -0.492 e. The molecule has 2 heterocycles. The van der Waals surface area contributed by atoms with E-state index in [1.165, 1.54) is 4.68 Å². The van der Waals surface area contributed by atoms with Crippen LogP contribution in [-0.2, 0) is 11.3 Å². The Morgan fingerprint density at radius 3 is 2.66 bits per heavy atom. The fourth-order valence-corrected chi connectivity index (χ4v) is 3.19. The molecule has 0 fully saturated rings. The number of rotatable bonds is 8. The van der Waals surface area contributed by atoms with Crippen molar-refractivity contribution in [1.82, 2.24) is 19.9 Å². The van der Waals surface area contributed by atoms with E-state index in [1.807, 2.05) is 49.4 Å². The molecule has 0 unspecified atom stereocenters. The van der Waals surface area contributed by atoms with E-state index in [4.69, 9.17) is 15.0 Å². The van der Waals surface area contributed by atoms with E-state index in [9.17, 15) is 4.79 Å². The van der Waals surface area contributed by atoms with Crippen molar-refractivity contribution in [2.75, 3.05) is 30.0 Å². The molecule has 2 aromatic heterocycles. The van der Waals surface area contributed by atoms with Crippen molar-refractivity contribution in [2.24, 2.45) is 0 Å². The average Bonchev–Trinajstić information content (AvgIpc) is 3.40. The third-order valence-electron chi connectivity index (χ3n) is 4.65. The van der Waals surface area contributed by atoms with E-state index in [1.54, 1.807) is 19.2 Å². The van der Waals surface area contributed by atoms with Crippen LogP contribution < -0.4 is 21.1 Å². The van der Waals surface area contributed by atoms with Crippen LogP contribution in [-0.4, -0.2) is 39.5 Å².